The summed E-state index contributed by atoms with van der Waals surface area (Å²) >= 11 is 1.10. The van der Waals surface area contributed by atoms with Crippen molar-refractivity contribution < 1.29 is 14.7 Å². The number of nitrogens with one attached hydrogen (secondary N) is 1. The third-order valence-electron chi connectivity index (χ3n) is 3.84. The van der Waals surface area contributed by atoms with E-state index in [1.165, 1.54) is 9.95 Å². The van der Waals surface area contributed by atoms with Gasteiger partial charge in [0.25, 0.3) is 5.56 Å². The number of hydrogen-bond acceptors (Lipinski definition) is 5. The summed E-state index contributed by atoms with van der Waals surface area (Å²) in [6.07, 6.45) is 0. The second-order valence-corrected chi connectivity index (χ2v) is 6.41. The van der Waals surface area contributed by atoms with Crippen LogP contribution >= 0.6 is 11.3 Å². The molecule has 1 aromatic carbocycles. The van der Waals surface area contributed by atoms with Gasteiger partial charge in [0.15, 0.2) is 0 Å². The van der Waals surface area contributed by atoms with Crippen LogP contribution in [0.15, 0.2) is 34.4 Å². The number of para-hydroxylation sites is 1. The number of fused-ring (bicyclic) bond motifs is 1. The fourth-order valence-electron chi connectivity index (χ4n) is 2.52. The molecular weight excluding hydrogens is 342 g/mol. The van der Waals surface area contributed by atoms with Crippen molar-refractivity contribution in [3.63, 3.8) is 0 Å². The third kappa shape index (κ3) is 3.16. The van der Waals surface area contributed by atoms with Gasteiger partial charge in [0.1, 0.15) is 17.2 Å². The molecule has 25 heavy (non-hydrogen) atoms. The van der Waals surface area contributed by atoms with E-state index in [1.807, 2.05) is 19.1 Å². The van der Waals surface area contributed by atoms with Gasteiger partial charge in [0.2, 0.25) is 5.91 Å². The molecule has 128 valence electrons. The molecule has 0 bridgehead atoms. The number of carboxylic acid groups (broad SMARTS) is 1. The minimum absolute atomic E-state index is 0.0341. The Morgan fingerprint density at radius 3 is 2.68 bits per heavy atom. The zero-order chi connectivity index (χ0) is 18.1. The summed E-state index contributed by atoms with van der Waals surface area (Å²) in [4.78, 5) is 40.9. The monoisotopic (exact) mass is 357 g/mol. The van der Waals surface area contributed by atoms with Crippen LogP contribution in [0.1, 0.15) is 21.7 Å². The zero-order valence-electron chi connectivity index (χ0n) is 13.6. The van der Waals surface area contributed by atoms with Gasteiger partial charge < -0.3 is 10.4 Å². The number of nitrogens with zero attached hydrogens (tertiary/aromatic N) is 2. The molecule has 0 aliphatic heterocycles. The fourth-order valence-corrected chi connectivity index (χ4v) is 3.46. The highest BCUT2D eigenvalue weighted by molar-refractivity contribution is 7.17. The molecule has 2 heterocycles. The van der Waals surface area contributed by atoms with Gasteiger partial charge in [0, 0.05) is 11.1 Å². The van der Waals surface area contributed by atoms with E-state index in [-0.39, 0.29) is 23.4 Å². The van der Waals surface area contributed by atoms with Crippen LogP contribution in [0.2, 0.25) is 0 Å². The summed E-state index contributed by atoms with van der Waals surface area (Å²) in [5, 5.41) is 13.4. The maximum atomic E-state index is 12.7. The summed E-state index contributed by atoms with van der Waals surface area (Å²) in [5.41, 5.74) is 0.945. The number of carbonyl (C=O) groups is 2. The number of aryl methyl sites for hydroxylation is 2. The van der Waals surface area contributed by atoms with Crippen molar-refractivity contribution in [2.75, 3.05) is 5.32 Å². The number of benzene rings is 1. The smallest absolute Gasteiger partial charge is 0.337 e. The lowest BCUT2D eigenvalue weighted by molar-refractivity contribution is -0.116. The highest BCUT2D eigenvalue weighted by atomic mass is 32.1. The first kappa shape index (κ1) is 16.8. The predicted molar refractivity (Wildman–Crippen MR) is 95.4 cm³/mol. The van der Waals surface area contributed by atoms with Crippen LogP contribution in [0.4, 0.5) is 5.69 Å². The van der Waals surface area contributed by atoms with E-state index in [0.717, 1.165) is 16.9 Å². The summed E-state index contributed by atoms with van der Waals surface area (Å²) in [5.74, 6) is -1.21. The van der Waals surface area contributed by atoms with Crippen LogP contribution in [0, 0.1) is 13.8 Å². The van der Waals surface area contributed by atoms with Gasteiger partial charge in [-0.15, -0.1) is 11.3 Å². The Hall–Kier alpha value is -3.00. The molecule has 0 aliphatic carbocycles. The number of amides is 1. The predicted octanol–water partition coefficient (Wildman–Crippen LogP) is 2.41. The molecule has 0 saturated heterocycles. The topological polar surface area (TPSA) is 101 Å². The number of rotatable bonds is 4. The molecule has 2 N–H and O–H groups in total. The quantitative estimate of drug-likeness (QED) is 0.747. The molecule has 0 spiro atoms. The van der Waals surface area contributed by atoms with Gasteiger partial charge >= 0.3 is 5.97 Å². The molecule has 0 atom stereocenters. The van der Waals surface area contributed by atoms with E-state index in [9.17, 15) is 19.5 Å². The number of aromatic carboxylic acids is 1. The molecule has 0 aliphatic rings. The van der Waals surface area contributed by atoms with E-state index in [4.69, 9.17) is 0 Å². The van der Waals surface area contributed by atoms with Gasteiger partial charge in [-0.2, -0.15) is 0 Å². The molecule has 0 fully saturated rings. The van der Waals surface area contributed by atoms with Crippen molar-refractivity contribution >= 4 is 39.1 Å². The maximum Gasteiger partial charge on any atom is 0.337 e. The Balaban J connectivity index is 1.97. The lowest BCUT2D eigenvalue weighted by Crippen LogP contribution is -2.30. The van der Waals surface area contributed by atoms with E-state index < -0.39 is 11.5 Å². The average Bonchev–Trinajstić information content (AvgIpc) is 2.97. The van der Waals surface area contributed by atoms with Gasteiger partial charge in [-0.3, -0.25) is 14.2 Å². The molecular formula is C17H15N3O4S. The summed E-state index contributed by atoms with van der Waals surface area (Å²) < 4.78 is 1.19. The average molecular weight is 357 g/mol. The number of thiophene rings is 1. The zero-order valence-corrected chi connectivity index (χ0v) is 14.4. The number of aromatic nitrogens is 2. The summed E-state index contributed by atoms with van der Waals surface area (Å²) in [6.45, 7) is 3.24. The van der Waals surface area contributed by atoms with Crippen LogP contribution in [0.5, 0.6) is 0 Å². The molecule has 0 saturated carbocycles. The van der Waals surface area contributed by atoms with Gasteiger partial charge in [0.05, 0.1) is 10.9 Å². The van der Waals surface area contributed by atoms with Crippen molar-refractivity contribution in [1.82, 2.24) is 9.55 Å². The second-order valence-electron chi connectivity index (χ2n) is 5.55. The molecule has 0 radical (unpaired) electrons. The van der Waals surface area contributed by atoms with Crippen molar-refractivity contribution in [2.24, 2.45) is 0 Å². The van der Waals surface area contributed by atoms with Crippen LogP contribution in [-0.2, 0) is 11.3 Å². The van der Waals surface area contributed by atoms with Crippen molar-refractivity contribution in [3.05, 3.63) is 57.0 Å². The van der Waals surface area contributed by atoms with E-state index in [1.54, 1.807) is 19.1 Å². The normalized spacial score (nSPS) is 10.8. The van der Waals surface area contributed by atoms with Crippen LogP contribution < -0.4 is 10.9 Å². The minimum atomic E-state index is -1.19. The molecule has 3 aromatic rings. The summed E-state index contributed by atoms with van der Waals surface area (Å²) in [7, 11) is 0. The highest BCUT2D eigenvalue weighted by Gasteiger charge is 2.19. The maximum absolute atomic E-state index is 12.7. The summed E-state index contributed by atoms with van der Waals surface area (Å²) in [6, 6.07) is 7.30. The Kier molecular flexibility index (Phi) is 4.37. The molecule has 1 amide bonds. The lowest BCUT2D eigenvalue weighted by atomic mass is 10.2. The van der Waals surface area contributed by atoms with E-state index >= 15 is 0 Å². The van der Waals surface area contributed by atoms with E-state index in [0.29, 0.717) is 16.3 Å². The molecule has 2 aromatic heterocycles. The number of anilines is 1. The lowest BCUT2D eigenvalue weighted by Gasteiger charge is -2.11. The molecule has 8 heteroatoms. The Morgan fingerprint density at radius 2 is 2.00 bits per heavy atom. The Bertz CT molecular complexity index is 1050. The highest BCUT2D eigenvalue weighted by Crippen LogP contribution is 2.21. The van der Waals surface area contributed by atoms with Gasteiger partial charge in [-0.1, -0.05) is 18.2 Å². The molecule has 7 nitrogen and oxygen atoms in total. The van der Waals surface area contributed by atoms with Crippen LogP contribution in [0.3, 0.4) is 0 Å². The first-order valence-electron chi connectivity index (χ1n) is 7.46. The fraction of sp³-hybridized carbons (Fsp3) is 0.176. The van der Waals surface area contributed by atoms with Gasteiger partial charge in [-0.05, 0) is 25.5 Å². The molecule has 3 rings (SSSR count). The second kappa shape index (κ2) is 6.48. The van der Waals surface area contributed by atoms with Crippen molar-refractivity contribution in [2.45, 2.75) is 20.4 Å². The van der Waals surface area contributed by atoms with Gasteiger partial charge in [-0.25, -0.2) is 9.78 Å². The standard InChI is InChI=1S/C17H15N3O4S/c1-9-5-3-4-6-12(9)19-13(21)7-20-10(2)18-15-14(16(20)22)11(8-25-15)17(23)24/h3-6,8H,7H2,1-2H3,(H,19,21)(H,23,24). The van der Waals surface area contributed by atoms with Crippen LogP contribution in [-0.4, -0.2) is 26.5 Å². The Morgan fingerprint density at radius 1 is 1.28 bits per heavy atom. The first-order valence-corrected chi connectivity index (χ1v) is 8.34. The largest absolute Gasteiger partial charge is 0.478 e. The van der Waals surface area contributed by atoms with Crippen molar-refractivity contribution in [3.8, 4) is 0 Å². The first-order chi connectivity index (χ1) is 11.9. The third-order valence-corrected chi connectivity index (χ3v) is 4.71. The minimum Gasteiger partial charge on any atom is -0.478 e. The SMILES string of the molecule is Cc1ccccc1NC(=O)Cn1c(C)nc2scc(C(=O)O)c2c1=O. The number of hydrogen-bond donors (Lipinski definition) is 2. The van der Waals surface area contributed by atoms with Crippen LogP contribution in [0.25, 0.3) is 10.2 Å². The Labute approximate surface area is 146 Å². The van der Waals surface area contributed by atoms with Crippen molar-refractivity contribution in [1.29, 1.82) is 0 Å². The molecule has 0 unspecified atom stereocenters. The number of carboxylic acids is 1. The number of carbonyl (C=O) groups excluding carboxylic acids is 1. The van der Waals surface area contributed by atoms with E-state index in [2.05, 4.69) is 10.3 Å².